The molecule has 1 heterocycles. The van der Waals surface area contributed by atoms with Crippen molar-refractivity contribution in [2.24, 2.45) is 5.73 Å². The molecule has 5 nitrogen and oxygen atoms in total. The first kappa shape index (κ1) is 15.4. The van der Waals surface area contributed by atoms with E-state index in [-0.39, 0.29) is 11.9 Å². The first-order chi connectivity index (χ1) is 9.58. The van der Waals surface area contributed by atoms with Crippen LogP contribution < -0.4 is 11.1 Å². The van der Waals surface area contributed by atoms with Crippen molar-refractivity contribution in [1.29, 1.82) is 0 Å². The molecule has 0 saturated carbocycles. The zero-order valence-corrected chi connectivity index (χ0v) is 13.3. The molecule has 1 aliphatic heterocycles. The summed E-state index contributed by atoms with van der Waals surface area (Å²) in [5.74, 6) is 0.00565. The average molecular weight is 341 g/mol. The Morgan fingerprint density at radius 1 is 1.50 bits per heavy atom. The maximum absolute atomic E-state index is 12.1. The molecule has 0 aliphatic carbocycles. The van der Waals surface area contributed by atoms with Crippen LogP contribution in [0.15, 0.2) is 28.7 Å². The number of rotatable bonds is 4. The second kappa shape index (κ2) is 7.17. The Kier molecular flexibility index (Phi) is 5.54. The summed E-state index contributed by atoms with van der Waals surface area (Å²) in [4.78, 5) is 16.5. The van der Waals surface area contributed by atoms with E-state index in [4.69, 9.17) is 5.73 Å². The topological polar surface area (TPSA) is 61.6 Å². The molecular formula is C14H21BrN4O. The fourth-order valence-corrected chi connectivity index (χ4v) is 2.83. The van der Waals surface area contributed by atoms with E-state index in [1.165, 1.54) is 0 Å². The maximum atomic E-state index is 12.1. The molecular weight excluding hydrogens is 320 g/mol. The van der Waals surface area contributed by atoms with Gasteiger partial charge in [-0.05, 0) is 25.2 Å². The van der Waals surface area contributed by atoms with E-state index in [0.29, 0.717) is 13.1 Å². The lowest BCUT2D eigenvalue weighted by Crippen LogP contribution is -2.56. The number of anilines is 1. The van der Waals surface area contributed by atoms with Crippen LogP contribution in [0.3, 0.4) is 0 Å². The van der Waals surface area contributed by atoms with Crippen LogP contribution in [0.2, 0.25) is 0 Å². The summed E-state index contributed by atoms with van der Waals surface area (Å²) in [7, 11) is 2.08. The van der Waals surface area contributed by atoms with E-state index in [1.54, 1.807) is 0 Å². The van der Waals surface area contributed by atoms with Gasteiger partial charge >= 0.3 is 0 Å². The predicted molar refractivity (Wildman–Crippen MR) is 84.7 cm³/mol. The van der Waals surface area contributed by atoms with Gasteiger partial charge < -0.3 is 16.0 Å². The summed E-state index contributed by atoms with van der Waals surface area (Å²) in [6, 6.07) is 7.86. The normalized spacial score (nSPS) is 20.9. The van der Waals surface area contributed by atoms with Crippen molar-refractivity contribution in [2.45, 2.75) is 6.04 Å². The van der Waals surface area contributed by atoms with Crippen molar-refractivity contribution >= 4 is 27.5 Å². The summed E-state index contributed by atoms with van der Waals surface area (Å²) >= 11 is 3.39. The Bertz CT molecular complexity index is 468. The molecule has 0 spiro atoms. The fourth-order valence-electron chi connectivity index (χ4n) is 2.43. The van der Waals surface area contributed by atoms with E-state index in [9.17, 15) is 4.79 Å². The first-order valence-corrected chi connectivity index (χ1v) is 7.56. The molecule has 0 radical (unpaired) electrons. The smallest absolute Gasteiger partial charge is 0.238 e. The molecule has 1 fully saturated rings. The Balaban J connectivity index is 1.90. The lowest BCUT2D eigenvalue weighted by Gasteiger charge is -2.39. The quantitative estimate of drug-likeness (QED) is 0.857. The lowest BCUT2D eigenvalue weighted by atomic mass is 10.1. The number of hydrogen-bond acceptors (Lipinski definition) is 4. The van der Waals surface area contributed by atoms with Crippen LogP contribution in [-0.2, 0) is 4.79 Å². The van der Waals surface area contributed by atoms with Crippen LogP contribution in [0, 0.1) is 0 Å². The van der Waals surface area contributed by atoms with Crippen molar-refractivity contribution in [3.8, 4) is 0 Å². The number of carbonyl (C=O) groups excluding carboxylic acids is 1. The number of halogens is 1. The van der Waals surface area contributed by atoms with Gasteiger partial charge in [-0.3, -0.25) is 9.69 Å². The highest BCUT2D eigenvalue weighted by Gasteiger charge is 2.25. The highest BCUT2D eigenvalue weighted by atomic mass is 79.9. The third kappa shape index (κ3) is 4.28. The molecule has 1 amide bonds. The zero-order valence-electron chi connectivity index (χ0n) is 11.7. The highest BCUT2D eigenvalue weighted by molar-refractivity contribution is 9.10. The van der Waals surface area contributed by atoms with Gasteiger partial charge in [0.25, 0.3) is 0 Å². The minimum absolute atomic E-state index is 0.00565. The number of likely N-dealkylation sites (N-methyl/N-ethyl adjacent to an activating group) is 1. The Labute approximate surface area is 128 Å². The van der Waals surface area contributed by atoms with Crippen LogP contribution in [0.25, 0.3) is 0 Å². The number of carbonyl (C=O) groups is 1. The molecule has 1 aromatic carbocycles. The van der Waals surface area contributed by atoms with Crippen LogP contribution in [0.4, 0.5) is 5.69 Å². The van der Waals surface area contributed by atoms with Gasteiger partial charge in [0.2, 0.25) is 5.91 Å². The lowest BCUT2D eigenvalue weighted by molar-refractivity contribution is -0.118. The van der Waals surface area contributed by atoms with E-state index >= 15 is 0 Å². The average Bonchev–Trinajstić information content (AvgIpc) is 2.40. The maximum Gasteiger partial charge on any atom is 0.238 e. The molecule has 1 atom stereocenters. The van der Waals surface area contributed by atoms with Crippen molar-refractivity contribution in [3.05, 3.63) is 28.7 Å². The van der Waals surface area contributed by atoms with E-state index in [2.05, 4.69) is 38.1 Å². The van der Waals surface area contributed by atoms with Crippen molar-refractivity contribution < 1.29 is 4.79 Å². The van der Waals surface area contributed by atoms with Crippen molar-refractivity contribution in [2.75, 3.05) is 45.1 Å². The number of amides is 1. The van der Waals surface area contributed by atoms with Crippen LogP contribution in [-0.4, -0.2) is 61.5 Å². The number of nitrogens with two attached hydrogens (primary N) is 1. The van der Waals surface area contributed by atoms with Crippen LogP contribution in [0.5, 0.6) is 0 Å². The molecule has 20 heavy (non-hydrogen) atoms. The summed E-state index contributed by atoms with van der Waals surface area (Å²) < 4.78 is 0.953. The second-order valence-corrected chi connectivity index (χ2v) is 6.10. The molecule has 1 aromatic rings. The molecule has 1 saturated heterocycles. The van der Waals surface area contributed by atoms with Crippen molar-refractivity contribution in [3.63, 3.8) is 0 Å². The van der Waals surface area contributed by atoms with Crippen LogP contribution in [0.1, 0.15) is 0 Å². The van der Waals surface area contributed by atoms with Gasteiger partial charge in [0.1, 0.15) is 0 Å². The SMILES string of the molecule is CN1CCN(CC(=O)Nc2cccc(Br)c2)C(CN)C1. The number of nitrogens with one attached hydrogen (secondary N) is 1. The molecule has 0 aromatic heterocycles. The van der Waals surface area contributed by atoms with Gasteiger partial charge in [-0.15, -0.1) is 0 Å². The second-order valence-electron chi connectivity index (χ2n) is 5.18. The van der Waals surface area contributed by atoms with Gasteiger partial charge in [-0.2, -0.15) is 0 Å². The number of benzene rings is 1. The molecule has 3 N–H and O–H groups in total. The molecule has 6 heteroatoms. The number of nitrogens with zero attached hydrogens (tertiary/aromatic N) is 2. The van der Waals surface area contributed by atoms with Gasteiger partial charge in [0, 0.05) is 42.4 Å². The van der Waals surface area contributed by atoms with Gasteiger partial charge in [0.05, 0.1) is 6.54 Å². The highest BCUT2D eigenvalue weighted by Crippen LogP contribution is 2.16. The first-order valence-electron chi connectivity index (χ1n) is 6.76. The van der Waals surface area contributed by atoms with Gasteiger partial charge in [-0.25, -0.2) is 0 Å². The van der Waals surface area contributed by atoms with Crippen LogP contribution >= 0.6 is 15.9 Å². The number of piperazine rings is 1. The Hall–Kier alpha value is -0.950. The largest absolute Gasteiger partial charge is 0.329 e. The van der Waals surface area contributed by atoms with E-state index in [0.717, 1.165) is 29.8 Å². The zero-order chi connectivity index (χ0) is 14.5. The van der Waals surface area contributed by atoms with E-state index < -0.39 is 0 Å². The standard InChI is InChI=1S/C14H21BrN4O/c1-18-5-6-19(13(8-16)9-18)10-14(20)17-12-4-2-3-11(15)7-12/h2-4,7,13H,5-6,8-10,16H2,1H3,(H,17,20). The monoisotopic (exact) mass is 340 g/mol. The number of hydrogen-bond donors (Lipinski definition) is 2. The molecule has 0 bridgehead atoms. The van der Waals surface area contributed by atoms with Gasteiger partial charge in [-0.1, -0.05) is 22.0 Å². The van der Waals surface area contributed by atoms with Crippen molar-refractivity contribution in [1.82, 2.24) is 9.80 Å². The van der Waals surface area contributed by atoms with E-state index in [1.807, 2.05) is 24.3 Å². The summed E-state index contributed by atoms with van der Waals surface area (Å²) in [6.07, 6.45) is 0. The summed E-state index contributed by atoms with van der Waals surface area (Å²) in [6.45, 7) is 3.74. The summed E-state index contributed by atoms with van der Waals surface area (Å²) in [5.41, 5.74) is 6.61. The molecule has 2 rings (SSSR count). The minimum atomic E-state index is 0.00565. The fraction of sp³-hybridized carbons (Fsp3) is 0.500. The molecule has 1 aliphatic rings. The third-order valence-corrected chi connectivity index (χ3v) is 4.03. The Morgan fingerprint density at radius 3 is 3.00 bits per heavy atom. The van der Waals surface area contributed by atoms with Gasteiger partial charge in [0.15, 0.2) is 0 Å². The summed E-state index contributed by atoms with van der Waals surface area (Å²) in [5, 5.41) is 2.92. The third-order valence-electron chi connectivity index (χ3n) is 3.53. The molecule has 110 valence electrons. The minimum Gasteiger partial charge on any atom is -0.329 e. The Morgan fingerprint density at radius 2 is 2.30 bits per heavy atom. The predicted octanol–water partition coefficient (Wildman–Crippen LogP) is 0.962. The molecule has 1 unspecified atom stereocenters.